The molecule has 0 radical (unpaired) electrons. The Bertz CT molecular complexity index is 1070. The molecule has 1 heterocycles. The number of aromatic nitrogens is 1. The van der Waals surface area contributed by atoms with Crippen molar-refractivity contribution in [1.29, 1.82) is 0 Å². The molecule has 1 aromatic carbocycles. The molecule has 0 atom stereocenters. The number of benzene rings is 1. The van der Waals surface area contributed by atoms with E-state index >= 15 is 0 Å². The molecule has 2 aromatic rings. The number of hydrogen-bond donors (Lipinski definition) is 4. The van der Waals surface area contributed by atoms with Gasteiger partial charge < -0.3 is 25.2 Å². The zero-order valence-corrected chi connectivity index (χ0v) is 18.6. The molecular formula is C20H24N4O8S. The lowest BCUT2D eigenvalue weighted by Crippen LogP contribution is -2.31. The molecule has 0 fully saturated rings. The fourth-order valence-electron chi connectivity index (χ4n) is 2.43. The van der Waals surface area contributed by atoms with E-state index in [2.05, 4.69) is 15.6 Å². The van der Waals surface area contributed by atoms with Gasteiger partial charge in [0, 0.05) is 44.6 Å². The molecule has 0 unspecified atom stereocenters. The molecule has 1 aromatic heterocycles. The van der Waals surface area contributed by atoms with Crippen LogP contribution in [0.15, 0.2) is 47.5 Å². The average Bonchev–Trinajstić information content (AvgIpc) is 2.80. The molecule has 0 saturated carbocycles. The fraction of sp³-hybridized carbons (Fsp3) is 0.300. The lowest BCUT2D eigenvalue weighted by Gasteiger charge is -2.09. The van der Waals surface area contributed by atoms with Gasteiger partial charge in [0.05, 0.1) is 17.1 Å². The Hall–Kier alpha value is -3.55. The molecule has 0 spiro atoms. The van der Waals surface area contributed by atoms with Gasteiger partial charge in [-0.25, -0.2) is 22.9 Å². The number of nitrogens with one attached hydrogen (secondary N) is 3. The Labute approximate surface area is 190 Å². The standard InChI is InChI=1S/C20H24N4O8S/c1-31-11-3-8-21-18(26)14-4-2-5-16(12-14)33(29,30)24-19(27)15-6-7-17(23-13-15)32-20(28)22-9-10-25/h2,4-7,12-13,25H,3,8-11H2,1H3,(H,21,26)(H,22,28)(H,24,27). The van der Waals surface area contributed by atoms with Crippen LogP contribution in [0.25, 0.3) is 0 Å². The number of ether oxygens (including phenoxy) is 2. The van der Waals surface area contributed by atoms with Crippen LogP contribution in [0.4, 0.5) is 4.79 Å². The van der Waals surface area contributed by atoms with Crippen LogP contribution in [-0.4, -0.2) is 69.8 Å². The number of sulfonamides is 1. The topological polar surface area (TPSA) is 173 Å². The predicted octanol–water partition coefficient (Wildman–Crippen LogP) is 0.0473. The molecule has 3 amide bonds. The molecule has 0 aliphatic rings. The van der Waals surface area contributed by atoms with E-state index in [4.69, 9.17) is 14.6 Å². The Kier molecular flexibility index (Phi) is 9.72. The molecule has 2 rings (SSSR count). The van der Waals surface area contributed by atoms with Crippen LogP contribution in [0.5, 0.6) is 5.88 Å². The van der Waals surface area contributed by atoms with Crippen LogP contribution in [0.1, 0.15) is 27.1 Å². The van der Waals surface area contributed by atoms with Crippen molar-refractivity contribution in [3.63, 3.8) is 0 Å². The van der Waals surface area contributed by atoms with Gasteiger partial charge in [0.25, 0.3) is 21.8 Å². The lowest BCUT2D eigenvalue weighted by atomic mass is 10.2. The molecule has 4 N–H and O–H groups in total. The molecule has 12 nitrogen and oxygen atoms in total. The highest BCUT2D eigenvalue weighted by Gasteiger charge is 2.20. The van der Waals surface area contributed by atoms with Crippen molar-refractivity contribution in [2.45, 2.75) is 11.3 Å². The first kappa shape index (κ1) is 25.7. The second-order valence-corrected chi connectivity index (χ2v) is 8.17. The summed E-state index contributed by atoms with van der Waals surface area (Å²) >= 11 is 0. The monoisotopic (exact) mass is 480 g/mol. The summed E-state index contributed by atoms with van der Waals surface area (Å²) in [6.07, 6.45) is 0.782. The third-order valence-electron chi connectivity index (χ3n) is 4.02. The van der Waals surface area contributed by atoms with Gasteiger partial charge in [0.2, 0.25) is 5.88 Å². The SMILES string of the molecule is COCCCNC(=O)c1cccc(S(=O)(=O)NC(=O)c2ccc(OC(=O)NCCO)nc2)c1. The minimum absolute atomic E-state index is 0.00609. The summed E-state index contributed by atoms with van der Waals surface area (Å²) in [4.78, 5) is 39.5. The summed E-state index contributed by atoms with van der Waals surface area (Å²) in [7, 11) is -2.73. The van der Waals surface area contributed by atoms with Crippen LogP contribution in [0.2, 0.25) is 0 Å². The summed E-state index contributed by atoms with van der Waals surface area (Å²) in [5.74, 6) is -1.56. The number of nitrogens with zero attached hydrogens (tertiary/aromatic N) is 1. The fourth-order valence-corrected chi connectivity index (χ4v) is 3.45. The third-order valence-corrected chi connectivity index (χ3v) is 5.35. The Morgan fingerprint density at radius 2 is 1.82 bits per heavy atom. The predicted molar refractivity (Wildman–Crippen MR) is 115 cm³/mol. The lowest BCUT2D eigenvalue weighted by molar-refractivity contribution is 0.0946. The molecule has 0 bridgehead atoms. The van der Waals surface area contributed by atoms with Crippen LogP contribution in [0, 0.1) is 0 Å². The van der Waals surface area contributed by atoms with Gasteiger partial charge in [-0.1, -0.05) is 6.07 Å². The smallest absolute Gasteiger partial charge is 0.395 e. The number of carbonyl (C=O) groups excluding carboxylic acids is 3. The van der Waals surface area contributed by atoms with E-state index in [9.17, 15) is 22.8 Å². The summed E-state index contributed by atoms with van der Waals surface area (Å²) in [5.41, 5.74) is 0.0131. The van der Waals surface area contributed by atoms with Crippen molar-refractivity contribution in [2.24, 2.45) is 0 Å². The van der Waals surface area contributed by atoms with E-state index in [1.54, 1.807) is 7.11 Å². The van der Waals surface area contributed by atoms with E-state index < -0.39 is 27.9 Å². The Morgan fingerprint density at radius 1 is 1.03 bits per heavy atom. The number of hydrogen-bond acceptors (Lipinski definition) is 9. The van der Waals surface area contributed by atoms with Crippen molar-refractivity contribution in [3.05, 3.63) is 53.7 Å². The average molecular weight is 480 g/mol. The number of aliphatic hydroxyl groups excluding tert-OH is 1. The van der Waals surface area contributed by atoms with E-state index in [0.717, 1.165) is 12.3 Å². The first-order valence-electron chi connectivity index (χ1n) is 9.73. The first-order chi connectivity index (χ1) is 15.8. The maximum atomic E-state index is 12.6. The van der Waals surface area contributed by atoms with Crippen molar-refractivity contribution in [2.75, 3.05) is 33.4 Å². The Balaban J connectivity index is 2.02. The van der Waals surface area contributed by atoms with Crippen molar-refractivity contribution < 1.29 is 37.4 Å². The second kappa shape index (κ2) is 12.5. The molecule has 13 heteroatoms. The van der Waals surface area contributed by atoms with Gasteiger partial charge in [-0.05, 0) is 30.7 Å². The Morgan fingerprint density at radius 3 is 2.48 bits per heavy atom. The van der Waals surface area contributed by atoms with Gasteiger partial charge in [-0.3, -0.25) is 9.59 Å². The number of aliphatic hydroxyl groups is 1. The second-order valence-electron chi connectivity index (χ2n) is 6.49. The van der Waals surface area contributed by atoms with Gasteiger partial charge >= 0.3 is 6.09 Å². The van der Waals surface area contributed by atoms with Crippen molar-refractivity contribution >= 4 is 27.9 Å². The zero-order valence-electron chi connectivity index (χ0n) is 17.7. The van der Waals surface area contributed by atoms with Gasteiger partial charge in [0.1, 0.15) is 0 Å². The minimum atomic E-state index is -4.28. The number of carbonyl (C=O) groups is 3. The molecule has 178 valence electrons. The van der Waals surface area contributed by atoms with Crippen LogP contribution < -0.4 is 20.1 Å². The summed E-state index contributed by atoms with van der Waals surface area (Å²) in [5, 5.41) is 13.5. The molecule has 0 aliphatic carbocycles. The molecular weight excluding hydrogens is 456 g/mol. The van der Waals surface area contributed by atoms with E-state index in [1.165, 1.54) is 30.3 Å². The summed E-state index contributed by atoms with van der Waals surface area (Å²) < 4.78 is 36.8. The van der Waals surface area contributed by atoms with Gasteiger partial charge in [-0.2, -0.15) is 0 Å². The highest BCUT2D eigenvalue weighted by Crippen LogP contribution is 2.13. The van der Waals surface area contributed by atoms with Crippen LogP contribution >= 0.6 is 0 Å². The van der Waals surface area contributed by atoms with Crippen LogP contribution in [-0.2, 0) is 14.8 Å². The van der Waals surface area contributed by atoms with E-state index in [1.807, 2.05) is 4.72 Å². The van der Waals surface area contributed by atoms with E-state index in [-0.39, 0.29) is 35.1 Å². The number of pyridine rings is 1. The van der Waals surface area contributed by atoms with Crippen molar-refractivity contribution in [3.8, 4) is 5.88 Å². The largest absolute Gasteiger partial charge is 0.414 e. The zero-order chi connectivity index (χ0) is 24.3. The van der Waals surface area contributed by atoms with Gasteiger partial charge in [0.15, 0.2) is 0 Å². The summed E-state index contributed by atoms with van der Waals surface area (Å²) in [6.45, 7) is 0.557. The quantitative estimate of drug-likeness (QED) is 0.324. The highest BCUT2D eigenvalue weighted by atomic mass is 32.2. The molecule has 0 aliphatic heterocycles. The highest BCUT2D eigenvalue weighted by molar-refractivity contribution is 7.90. The van der Waals surface area contributed by atoms with Crippen molar-refractivity contribution in [1.82, 2.24) is 20.3 Å². The first-order valence-corrected chi connectivity index (χ1v) is 11.2. The normalized spacial score (nSPS) is 10.8. The maximum Gasteiger partial charge on any atom is 0.414 e. The number of methoxy groups -OCH3 is 1. The number of rotatable bonds is 11. The number of amides is 3. The minimum Gasteiger partial charge on any atom is -0.395 e. The molecule has 33 heavy (non-hydrogen) atoms. The van der Waals surface area contributed by atoms with E-state index in [0.29, 0.717) is 19.6 Å². The maximum absolute atomic E-state index is 12.6. The third kappa shape index (κ3) is 8.14. The van der Waals surface area contributed by atoms with Crippen LogP contribution in [0.3, 0.4) is 0 Å². The molecule has 0 saturated heterocycles. The van der Waals surface area contributed by atoms with Gasteiger partial charge in [-0.15, -0.1) is 0 Å². The summed E-state index contributed by atoms with van der Waals surface area (Å²) in [6, 6.07) is 7.66.